The lowest BCUT2D eigenvalue weighted by atomic mass is 9.84. The van der Waals surface area contributed by atoms with Crippen LogP contribution >= 0.6 is 11.3 Å². The van der Waals surface area contributed by atoms with E-state index in [1.54, 1.807) is 11.3 Å². The first kappa shape index (κ1) is 12.7. The van der Waals surface area contributed by atoms with E-state index in [4.69, 9.17) is 0 Å². The number of fused-ring (bicyclic) bond motifs is 1. The Bertz CT molecular complexity index is 585. The van der Waals surface area contributed by atoms with Gasteiger partial charge >= 0.3 is 0 Å². The lowest BCUT2D eigenvalue weighted by Crippen LogP contribution is -2.40. The number of carbonyl (C=O) groups is 1. The van der Waals surface area contributed by atoms with Crippen molar-refractivity contribution in [3.05, 3.63) is 35.2 Å². The molecule has 0 spiro atoms. The maximum atomic E-state index is 11.9. The summed E-state index contributed by atoms with van der Waals surface area (Å²) in [7, 11) is 0. The van der Waals surface area contributed by atoms with E-state index in [-0.39, 0.29) is 17.9 Å². The Morgan fingerprint density at radius 3 is 2.95 bits per heavy atom. The molecule has 2 nitrogen and oxygen atoms in total. The van der Waals surface area contributed by atoms with Crippen LogP contribution in [-0.2, 0) is 11.2 Å². The number of rotatable bonds is 4. The Kier molecular flexibility index (Phi) is 3.56. The van der Waals surface area contributed by atoms with Gasteiger partial charge in [-0.1, -0.05) is 24.6 Å². The molecule has 19 heavy (non-hydrogen) atoms. The minimum atomic E-state index is 0.214. The van der Waals surface area contributed by atoms with Crippen LogP contribution in [0.15, 0.2) is 29.6 Å². The summed E-state index contributed by atoms with van der Waals surface area (Å²) in [5.74, 6) is 0.528. The molecule has 1 aromatic carbocycles. The number of thiophene rings is 1. The van der Waals surface area contributed by atoms with Crippen LogP contribution in [0.2, 0.25) is 0 Å². The first-order valence-corrected chi connectivity index (χ1v) is 7.87. The highest BCUT2D eigenvalue weighted by molar-refractivity contribution is 7.17. The van der Waals surface area contributed by atoms with E-state index >= 15 is 0 Å². The van der Waals surface area contributed by atoms with Gasteiger partial charge in [-0.2, -0.15) is 0 Å². The van der Waals surface area contributed by atoms with Gasteiger partial charge in [-0.25, -0.2) is 0 Å². The Hall–Kier alpha value is -1.35. The average molecular weight is 273 g/mol. The Labute approximate surface area is 117 Å². The summed E-state index contributed by atoms with van der Waals surface area (Å²) in [4.78, 5) is 11.9. The van der Waals surface area contributed by atoms with Crippen molar-refractivity contribution in [2.24, 2.45) is 5.92 Å². The molecule has 1 aliphatic rings. The second-order valence-corrected chi connectivity index (χ2v) is 6.41. The maximum Gasteiger partial charge on any atom is 0.223 e. The van der Waals surface area contributed by atoms with Crippen LogP contribution in [0.3, 0.4) is 0 Å². The van der Waals surface area contributed by atoms with E-state index in [2.05, 4.69) is 41.9 Å². The molecule has 1 N–H and O–H groups in total. The SMILES string of the molecule is CC(Cc1csc2ccccc12)NC(=O)C1CCC1. The quantitative estimate of drug-likeness (QED) is 0.903. The minimum Gasteiger partial charge on any atom is -0.353 e. The minimum absolute atomic E-state index is 0.214. The molecule has 1 aromatic heterocycles. The van der Waals surface area contributed by atoms with Gasteiger partial charge in [0.25, 0.3) is 0 Å². The van der Waals surface area contributed by atoms with Gasteiger partial charge < -0.3 is 5.32 Å². The highest BCUT2D eigenvalue weighted by Crippen LogP contribution is 2.28. The van der Waals surface area contributed by atoms with E-state index in [0.29, 0.717) is 0 Å². The summed E-state index contributed by atoms with van der Waals surface area (Å²) in [6, 6.07) is 8.69. The Balaban J connectivity index is 1.65. The molecule has 3 heteroatoms. The number of amides is 1. The number of hydrogen-bond donors (Lipinski definition) is 1. The van der Waals surface area contributed by atoms with Crippen LogP contribution in [0.4, 0.5) is 0 Å². The third-order valence-electron chi connectivity index (χ3n) is 3.95. The van der Waals surface area contributed by atoms with Gasteiger partial charge in [0, 0.05) is 16.7 Å². The van der Waals surface area contributed by atoms with Crippen molar-refractivity contribution in [3.63, 3.8) is 0 Å². The van der Waals surface area contributed by atoms with E-state index in [1.165, 1.54) is 22.1 Å². The molecular weight excluding hydrogens is 254 g/mol. The molecular formula is C16H19NOS. The first-order valence-electron chi connectivity index (χ1n) is 6.99. The molecule has 1 amide bonds. The first-order chi connectivity index (χ1) is 9.24. The zero-order valence-corrected chi connectivity index (χ0v) is 12.0. The predicted octanol–water partition coefficient (Wildman–Crippen LogP) is 3.75. The molecule has 0 saturated heterocycles. The number of benzene rings is 1. The molecule has 100 valence electrons. The van der Waals surface area contributed by atoms with Gasteiger partial charge in [0.15, 0.2) is 0 Å². The average Bonchev–Trinajstić information content (AvgIpc) is 2.70. The fourth-order valence-corrected chi connectivity index (χ4v) is 3.58. The lowest BCUT2D eigenvalue weighted by Gasteiger charge is -2.26. The van der Waals surface area contributed by atoms with Crippen molar-refractivity contribution >= 4 is 27.3 Å². The van der Waals surface area contributed by atoms with Crippen LogP contribution in [0.5, 0.6) is 0 Å². The third kappa shape index (κ3) is 2.66. The molecule has 0 radical (unpaired) electrons. The zero-order chi connectivity index (χ0) is 13.2. The summed E-state index contributed by atoms with van der Waals surface area (Å²) in [6.07, 6.45) is 4.27. The van der Waals surface area contributed by atoms with Crippen LogP contribution in [0.25, 0.3) is 10.1 Å². The van der Waals surface area contributed by atoms with E-state index in [0.717, 1.165) is 19.3 Å². The Morgan fingerprint density at radius 2 is 2.21 bits per heavy atom. The van der Waals surface area contributed by atoms with Crippen molar-refractivity contribution in [1.82, 2.24) is 5.32 Å². The van der Waals surface area contributed by atoms with Crippen LogP contribution in [0.1, 0.15) is 31.7 Å². The lowest BCUT2D eigenvalue weighted by molar-refractivity contribution is -0.127. The summed E-state index contributed by atoms with van der Waals surface area (Å²) in [6.45, 7) is 2.10. The van der Waals surface area contributed by atoms with Crippen LogP contribution < -0.4 is 5.32 Å². The second kappa shape index (κ2) is 5.33. The molecule has 0 bridgehead atoms. The fraction of sp³-hybridized carbons (Fsp3) is 0.438. The van der Waals surface area contributed by atoms with Crippen LogP contribution in [-0.4, -0.2) is 11.9 Å². The summed E-state index contributed by atoms with van der Waals surface area (Å²) < 4.78 is 1.33. The summed E-state index contributed by atoms with van der Waals surface area (Å²) in [5, 5.41) is 6.70. The number of nitrogens with one attached hydrogen (secondary N) is 1. The number of carbonyl (C=O) groups excluding carboxylic acids is 1. The second-order valence-electron chi connectivity index (χ2n) is 5.50. The third-order valence-corrected chi connectivity index (χ3v) is 4.96. The van der Waals surface area contributed by atoms with Crippen molar-refractivity contribution in [2.45, 2.75) is 38.6 Å². The van der Waals surface area contributed by atoms with Crippen molar-refractivity contribution in [1.29, 1.82) is 0 Å². The fourth-order valence-electron chi connectivity index (χ4n) is 2.60. The van der Waals surface area contributed by atoms with Gasteiger partial charge in [0.05, 0.1) is 0 Å². The number of hydrogen-bond acceptors (Lipinski definition) is 2. The molecule has 1 heterocycles. The van der Waals surface area contributed by atoms with Gasteiger partial charge in [-0.15, -0.1) is 11.3 Å². The van der Waals surface area contributed by atoms with Gasteiger partial charge in [0.1, 0.15) is 0 Å². The topological polar surface area (TPSA) is 29.1 Å². The predicted molar refractivity (Wildman–Crippen MR) is 80.5 cm³/mol. The molecule has 1 fully saturated rings. The smallest absolute Gasteiger partial charge is 0.223 e. The van der Waals surface area contributed by atoms with Crippen LogP contribution in [0, 0.1) is 5.92 Å². The molecule has 3 rings (SSSR count). The molecule has 1 unspecified atom stereocenters. The summed E-state index contributed by atoms with van der Waals surface area (Å²) >= 11 is 1.78. The highest BCUT2D eigenvalue weighted by Gasteiger charge is 2.26. The molecule has 1 saturated carbocycles. The van der Waals surface area contributed by atoms with Crippen molar-refractivity contribution in [2.75, 3.05) is 0 Å². The molecule has 1 aliphatic carbocycles. The van der Waals surface area contributed by atoms with Gasteiger partial charge in [0.2, 0.25) is 5.91 Å². The van der Waals surface area contributed by atoms with E-state index in [1.807, 2.05) is 0 Å². The van der Waals surface area contributed by atoms with Gasteiger partial charge in [-0.3, -0.25) is 4.79 Å². The maximum absolute atomic E-state index is 11.9. The van der Waals surface area contributed by atoms with Gasteiger partial charge in [-0.05, 0) is 48.6 Å². The monoisotopic (exact) mass is 273 g/mol. The largest absolute Gasteiger partial charge is 0.353 e. The standard InChI is InChI=1S/C16H19NOS/c1-11(17-16(18)12-5-4-6-12)9-13-10-19-15-8-3-2-7-14(13)15/h2-3,7-8,10-12H,4-6,9H2,1H3,(H,17,18). The van der Waals surface area contributed by atoms with E-state index < -0.39 is 0 Å². The molecule has 1 atom stereocenters. The Morgan fingerprint density at radius 1 is 1.42 bits per heavy atom. The molecule has 0 aliphatic heterocycles. The van der Waals surface area contributed by atoms with E-state index in [9.17, 15) is 4.79 Å². The highest BCUT2D eigenvalue weighted by atomic mass is 32.1. The molecule has 2 aromatic rings. The normalized spacial score (nSPS) is 17.1. The summed E-state index contributed by atoms with van der Waals surface area (Å²) in [5.41, 5.74) is 1.35. The van der Waals surface area contributed by atoms with Crippen molar-refractivity contribution < 1.29 is 4.79 Å². The van der Waals surface area contributed by atoms with Crippen molar-refractivity contribution in [3.8, 4) is 0 Å². The zero-order valence-electron chi connectivity index (χ0n) is 11.2.